The molecule has 0 unspecified atom stereocenters. The Bertz CT molecular complexity index is 480. The third-order valence-corrected chi connectivity index (χ3v) is 3.82. The largest absolute Gasteiger partial charge is 0.497 e. The van der Waals surface area contributed by atoms with Crippen molar-refractivity contribution in [2.24, 2.45) is 5.92 Å². The predicted octanol–water partition coefficient (Wildman–Crippen LogP) is 2.98. The SMILES string of the molecule is COc1ccc(Br)c(C(=O)N[C@@H](C(C)C)C(C)(C)O)c1. The van der Waals surface area contributed by atoms with E-state index in [1.54, 1.807) is 39.2 Å². The van der Waals surface area contributed by atoms with Crippen molar-refractivity contribution in [2.45, 2.75) is 39.3 Å². The van der Waals surface area contributed by atoms with E-state index in [9.17, 15) is 9.90 Å². The van der Waals surface area contributed by atoms with Gasteiger partial charge in [0.25, 0.3) is 5.91 Å². The number of rotatable bonds is 5. The van der Waals surface area contributed by atoms with E-state index >= 15 is 0 Å². The maximum absolute atomic E-state index is 12.4. The number of carbonyl (C=O) groups excluding carboxylic acids is 1. The molecular weight excluding hydrogens is 322 g/mol. The zero-order valence-electron chi connectivity index (χ0n) is 12.5. The molecule has 5 heteroatoms. The molecule has 0 aromatic heterocycles. The van der Waals surface area contributed by atoms with Crippen LogP contribution in [0.4, 0.5) is 0 Å². The van der Waals surface area contributed by atoms with Gasteiger partial charge in [-0.25, -0.2) is 0 Å². The molecule has 0 heterocycles. The molecule has 0 aliphatic rings. The Hall–Kier alpha value is -1.07. The molecule has 0 aliphatic carbocycles. The van der Waals surface area contributed by atoms with E-state index < -0.39 is 5.60 Å². The summed E-state index contributed by atoms with van der Waals surface area (Å²) in [5, 5.41) is 13.1. The van der Waals surface area contributed by atoms with E-state index in [-0.39, 0.29) is 17.9 Å². The molecule has 1 aromatic carbocycles. The van der Waals surface area contributed by atoms with E-state index in [4.69, 9.17) is 4.74 Å². The molecule has 1 aromatic rings. The summed E-state index contributed by atoms with van der Waals surface area (Å²) in [6, 6.07) is 4.87. The lowest BCUT2D eigenvalue weighted by Crippen LogP contribution is -2.52. The highest BCUT2D eigenvalue weighted by Gasteiger charge is 2.31. The Morgan fingerprint density at radius 1 is 1.40 bits per heavy atom. The van der Waals surface area contributed by atoms with Crippen molar-refractivity contribution in [3.05, 3.63) is 28.2 Å². The van der Waals surface area contributed by atoms with E-state index in [2.05, 4.69) is 21.2 Å². The number of methoxy groups -OCH3 is 1. The summed E-state index contributed by atoms with van der Waals surface area (Å²) in [5.74, 6) is 0.489. The molecule has 112 valence electrons. The summed E-state index contributed by atoms with van der Waals surface area (Å²) >= 11 is 3.36. The van der Waals surface area contributed by atoms with E-state index in [1.165, 1.54) is 0 Å². The zero-order valence-corrected chi connectivity index (χ0v) is 14.1. The van der Waals surface area contributed by atoms with Gasteiger partial charge in [-0.1, -0.05) is 13.8 Å². The fraction of sp³-hybridized carbons (Fsp3) is 0.533. The Morgan fingerprint density at radius 2 is 2.00 bits per heavy atom. The van der Waals surface area contributed by atoms with E-state index in [0.29, 0.717) is 15.8 Å². The third-order valence-electron chi connectivity index (χ3n) is 3.13. The number of hydrogen-bond acceptors (Lipinski definition) is 3. The Morgan fingerprint density at radius 3 is 2.45 bits per heavy atom. The van der Waals surface area contributed by atoms with Gasteiger partial charge in [-0.15, -0.1) is 0 Å². The molecule has 1 amide bonds. The first-order valence-corrected chi connectivity index (χ1v) is 7.33. The maximum Gasteiger partial charge on any atom is 0.252 e. The highest BCUT2D eigenvalue weighted by molar-refractivity contribution is 9.10. The molecule has 1 rings (SSSR count). The second-order valence-corrected chi connectivity index (χ2v) is 6.55. The molecule has 0 spiro atoms. The highest BCUT2D eigenvalue weighted by Crippen LogP contribution is 2.24. The normalized spacial score (nSPS) is 13.2. The quantitative estimate of drug-likeness (QED) is 0.863. The van der Waals surface area contributed by atoms with Crippen LogP contribution in [0, 0.1) is 5.92 Å². The van der Waals surface area contributed by atoms with Crippen LogP contribution in [-0.4, -0.2) is 29.8 Å². The Labute approximate surface area is 128 Å². The Kier molecular flexibility index (Phi) is 5.59. The zero-order chi connectivity index (χ0) is 15.5. The number of carbonyl (C=O) groups is 1. The molecule has 0 radical (unpaired) electrons. The second kappa shape index (κ2) is 6.59. The number of halogens is 1. The van der Waals surface area contributed by atoms with Crippen LogP contribution < -0.4 is 10.1 Å². The number of nitrogens with one attached hydrogen (secondary N) is 1. The van der Waals surface area contributed by atoms with Crippen LogP contribution in [-0.2, 0) is 0 Å². The van der Waals surface area contributed by atoms with Crippen LogP contribution in [0.25, 0.3) is 0 Å². The lowest BCUT2D eigenvalue weighted by Gasteiger charge is -2.33. The van der Waals surface area contributed by atoms with Crippen LogP contribution in [0.5, 0.6) is 5.75 Å². The summed E-state index contributed by atoms with van der Waals surface area (Å²) < 4.78 is 5.82. The van der Waals surface area contributed by atoms with Gasteiger partial charge in [-0.05, 0) is 53.9 Å². The first-order valence-electron chi connectivity index (χ1n) is 6.53. The summed E-state index contributed by atoms with van der Waals surface area (Å²) in [5.41, 5.74) is -0.505. The third kappa shape index (κ3) is 4.21. The van der Waals surface area contributed by atoms with Crippen molar-refractivity contribution in [3.8, 4) is 5.75 Å². The van der Waals surface area contributed by atoms with Crippen molar-refractivity contribution >= 4 is 21.8 Å². The number of hydrogen-bond donors (Lipinski definition) is 2. The van der Waals surface area contributed by atoms with Crippen molar-refractivity contribution in [3.63, 3.8) is 0 Å². The highest BCUT2D eigenvalue weighted by atomic mass is 79.9. The summed E-state index contributed by atoms with van der Waals surface area (Å²) in [4.78, 5) is 12.4. The molecule has 2 N–H and O–H groups in total. The molecule has 0 fully saturated rings. The molecule has 0 aliphatic heterocycles. The van der Waals surface area contributed by atoms with Gasteiger partial charge in [-0.3, -0.25) is 4.79 Å². The van der Waals surface area contributed by atoms with Gasteiger partial charge < -0.3 is 15.2 Å². The predicted molar refractivity (Wildman–Crippen MR) is 83.1 cm³/mol. The first-order chi connectivity index (χ1) is 9.16. The van der Waals surface area contributed by atoms with Crippen molar-refractivity contribution < 1.29 is 14.6 Å². The van der Waals surface area contributed by atoms with Crippen molar-refractivity contribution in [1.29, 1.82) is 0 Å². The number of ether oxygens (including phenoxy) is 1. The molecule has 0 bridgehead atoms. The van der Waals surface area contributed by atoms with E-state index in [0.717, 1.165) is 0 Å². The monoisotopic (exact) mass is 343 g/mol. The minimum atomic E-state index is -0.991. The van der Waals surface area contributed by atoms with Crippen molar-refractivity contribution in [2.75, 3.05) is 7.11 Å². The van der Waals surface area contributed by atoms with Crippen LogP contribution in [0.15, 0.2) is 22.7 Å². The van der Waals surface area contributed by atoms with Gasteiger partial charge in [-0.2, -0.15) is 0 Å². The van der Waals surface area contributed by atoms with Crippen LogP contribution in [0.2, 0.25) is 0 Å². The van der Waals surface area contributed by atoms with Crippen LogP contribution >= 0.6 is 15.9 Å². The van der Waals surface area contributed by atoms with Gasteiger partial charge >= 0.3 is 0 Å². The standard InChI is InChI=1S/C15H22BrNO3/c1-9(2)13(15(3,4)19)17-14(18)11-8-10(20-5)6-7-12(11)16/h6-9,13,19H,1-5H3,(H,17,18)/t13-/m0/s1. The first kappa shape index (κ1) is 17.0. The van der Waals surface area contributed by atoms with Gasteiger partial charge in [0.05, 0.1) is 24.3 Å². The van der Waals surface area contributed by atoms with E-state index in [1.807, 2.05) is 13.8 Å². The smallest absolute Gasteiger partial charge is 0.252 e. The van der Waals surface area contributed by atoms with Crippen LogP contribution in [0.1, 0.15) is 38.1 Å². The Balaban J connectivity index is 3.00. The van der Waals surface area contributed by atoms with Crippen molar-refractivity contribution in [1.82, 2.24) is 5.32 Å². The second-order valence-electron chi connectivity index (χ2n) is 5.69. The van der Waals surface area contributed by atoms with Gasteiger partial charge in [0, 0.05) is 4.47 Å². The topological polar surface area (TPSA) is 58.6 Å². The number of amides is 1. The molecule has 4 nitrogen and oxygen atoms in total. The lowest BCUT2D eigenvalue weighted by molar-refractivity contribution is 0.0194. The molecule has 0 saturated carbocycles. The van der Waals surface area contributed by atoms with Gasteiger partial charge in [0.15, 0.2) is 0 Å². The minimum absolute atomic E-state index is 0.114. The molecule has 20 heavy (non-hydrogen) atoms. The fourth-order valence-electron chi connectivity index (χ4n) is 2.18. The summed E-state index contributed by atoms with van der Waals surface area (Å²) in [6.45, 7) is 7.31. The minimum Gasteiger partial charge on any atom is -0.497 e. The molecule has 1 atom stereocenters. The average Bonchev–Trinajstić information content (AvgIpc) is 2.34. The fourth-order valence-corrected chi connectivity index (χ4v) is 2.61. The lowest BCUT2D eigenvalue weighted by atomic mass is 9.89. The average molecular weight is 344 g/mol. The van der Waals surface area contributed by atoms with Crippen LogP contribution in [0.3, 0.4) is 0 Å². The van der Waals surface area contributed by atoms with Gasteiger partial charge in [0.1, 0.15) is 5.75 Å². The maximum atomic E-state index is 12.4. The molecule has 0 saturated heterocycles. The van der Waals surface area contributed by atoms with Gasteiger partial charge in [0.2, 0.25) is 0 Å². The summed E-state index contributed by atoms with van der Waals surface area (Å²) in [6.07, 6.45) is 0. The number of aliphatic hydroxyl groups is 1. The molecular formula is C15H22BrNO3. The summed E-state index contributed by atoms with van der Waals surface area (Å²) in [7, 11) is 1.55. The number of benzene rings is 1.